The molecular weight excluding hydrogens is 555 g/mol. The third-order valence-corrected chi connectivity index (χ3v) is 10.5. The first kappa shape index (κ1) is 25.8. The van der Waals surface area contributed by atoms with Gasteiger partial charge in [0.15, 0.2) is 0 Å². The van der Waals surface area contributed by atoms with Crippen molar-refractivity contribution >= 4 is 44.1 Å². The second-order valence-corrected chi connectivity index (χ2v) is 12.9. The smallest absolute Gasteiger partial charge is 0.0852 e. The third kappa shape index (κ3) is 3.66. The number of rotatable bonds is 3. The van der Waals surface area contributed by atoms with E-state index in [1.54, 1.807) is 0 Å². The van der Waals surface area contributed by atoms with Gasteiger partial charge in [-0.25, -0.2) is 0 Å². The molecule has 1 nitrogen and oxygen atoms in total. The van der Waals surface area contributed by atoms with Gasteiger partial charge in [-0.15, -0.1) is 0 Å². The SMILES string of the molecule is C1=CCCC(c2c3c(c(-c4ccccc4)c4ccc(C5N=CC=C6C=CC=C[C@H]65)cc24)-c2cc4ccccc4c4cccc-3c24)=C1. The normalized spacial score (nSPS) is 19.0. The summed E-state index contributed by atoms with van der Waals surface area (Å²) in [7, 11) is 0. The maximum atomic E-state index is 5.07. The fraction of sp³-hybridized carbons (Fsp3) is 0.0889. The molecule has 0 saturated heterocycles. The molecule has 0 aromatic heterocycles. The Morgan fingerprint density at radius 2 is 1.48 bits per heavy atom. The van der Waals surface area contributed by atoms with Crippen LogP contribution in [0.4, 0.5) is 0 Å². The number of nitrogens with zero attached hydrogens (tertiary/aromatic N) is 1. The molecule has 1 aliphatic heterocycles. The van der Waals surface area contributed by atoms with Crippen LogP contribution in [-0.4, -0.2) is 6.21 Å². The Labute approximate surface area is 268 Å². The highest BCUT2D eigenvalue weighted by molar-refractivity contribution is 6.29. The van der Waals surface area contributed by atoms with Gasteiger partial charge in [-0.2, -0.15) is 0 Å². The highest BCUT2D eigenvalue weighted by atomic mass is 14.8. The summed E-state index contributed by atoms with van der Waals surface area (Å²) in [6.45, 7) is 0. The molecule has 0 bridgehead atoms. The quantitative estimate of drug-likeness (QED) is 0.183. The molecule has 46 heavy (non-hydrogen) atoms. The first-order valence-electron chi connectivity index (χ1n) is 16.4. The Kier molecular flexibility index (Phi) is 5.59. The highest BCUT2D eigenvalue weighted by Gasteiger charge is 2.33. The van der Waals surface area contributed by atoms with Gasteiger partial charge < -0.3 is 0 Å². The summed E-state index contributed by atoms with van der Waals surface area (Å²) in [4.78, 5) is 5.07. The summed E-state index contributed by atoms with van der Waals surface area (Å²) in [5.74, 6) is 0.251. The first-order valence-corrected chi connectivity index (χ1v) is 16.4. The van der Waals surface area contributed by atoms with E-state index in [-0.39, 0.29) is 12.0 Å². The van der Waals surface area contributed by atoms with E-state index >= 15 is 0 Å². The van der Waals surface area contributed by atoms with Crippen LogP contribution in [0.15, 0.2) is 156 Å². The van der Waals surface area contributed by atoms with Gasteiger partial charge in [0.25, 0.3) is 0 Å². The van der Waals surface area contributed by atoms with E-state index in [2.05, 4.69) is 146 Å². The summed E-state index contributed by atoms with van der Waals surface area (Å²) < 4.78 is 0. The van der Waals surface area contributed by atoms with Crippen LogP contribution in [0.5, 0.6) is 0 Å². The average Bonchev–Trinajstić information content (AvgIpc) is 3.45. The zero-order chi connectivity index (χ0) is 30.2. The van der Waals surface area contributed by atoms with Crippen molar-refractivity contribution in [3.05, 3.63) is 162 Å². The van der Waals surface area contributed by atoms with Crippen LogP contribution in [0, 0.1) is 5.92 Å². The Balaban J connectivity index is 1.36. The molecule has 0 spiro atoms. The lowest BCUT2D eigenvalue weighted by Crippen LogP contribution is -2.16. The lowest BCUT2D eigenvalue weighted by molar-refractivity contribution is 0.596. The minimum Gasteiger partial charge on any atom is -0.284 e. The van der Waals surface area contributed by atoms with Gasteiger partial charge in [-0.3, -0.25) is 4.99 Å². The van der Waals surface area contributed by atoms with Crippen molar-refractivity contribution in [3.8, 4) is 33.4 Å². The van der Waals surface area contributed by atoms with Crippen LogP contribution in [-0.2, 0) is 0 Å². The topological polar surface area (TPSA) is 12.4 Å². The molecular formula is C45H31N. The molecule has 6 aromatic carbocycles. The van der Waals surface area contributed by atoms with Gasteiger partial charge in [0, 0.05) is 12.1 Å². The molecule has 216 valence electrons. The van der Waals surface area contributed by atoms with Crippen molar-refractivity contribution in [3.63, 3.8) is 0 Å². The van der Waals surface area contributed by atoms with Gasteiger partial charge in [0.2, 0.25) is 0 Å². The van der Waals surface area contributed by atoms with Crippen molar-refractivity contribution in [1.29, 1.82) is 0 Å². The highest BCUT2D eigenvalue weighted by Crippen LogP contribution is 2.58. The zero-order valence-corrected chi connectivity index (χ0v) is 25.4. The number of allylic oxidation sites excluding steroid dienone is 8. The summed E-state index contributed by atoms with van der Waals surface area (Å²) in [6.07, 6.45) is 22.0. The molecule has 0 saturated carbocycles. The number of dihydropyridines is 1. The molecule has 3 aliphatic carbocycles. The molecule has 6 aromatic rings. The van der Waals surface area contributed by atoms with E-state index in [0.29, 0.717) is 0 Å². The lowest BCUT2D eigenvalue weighted by Gasteiger charge is -2.28. The second kappa shape index (κ2) is 9.99. The van der Waals surface area contributed by atoms with Gasteiger partial charge in [-0.1, -0.05) is 127 Å². The standard InChI is InChI=1S/C45H31N/c1-3-13-29(14-4-1)40-36-23-22-32(45-34-19-10-7-12-28(34)24-25-46-45)27-38(36)41(30-15-5-2-6-16-30)43-37-21-11-20-35-33-18-9-8-17-31(33)26-39(42(35)37)44(40)43/h1-5,7-15,17-27,34,45H,6,16H2/t34-,45?/m1/s1. The van der Waals surface area contributed by atoms with Crippen LogP contribution in [0.25, 0.3) is 71.3 Å². The van der Waals surface area contributed by atoms with E-state index in [1.165, 1.54) is 88.0 Å². The van der Waals surface area contributed by atoms with E-state index in [1.807, 2.05) is 6.21 Å². The van der Waals surface area contributed by atoms with Gasteiger partial charge in [-0.05, 0) is 119 Å². The van der Waals surface area contributed by atoms with Crippen molar-refractivity contribution in [2.75, 3.05) is 0 Å². The Hall–Kier alpha value is -5.53. The monoisotopic (exact) mass is 585 g/mol. The molecule has 0 N–H and O–H groups in total. The van der Waals surface area contributed by atoms with Gasteiger partial charge in [0.05, 0.1) is 6.04 Å². The predicted molar refractivity (Wildman–Crippen MR) is 196 cm³/mol. The summed E-state index contributed by atoms with van der Waals surface area (Å²) in [5, 5.41) is 7.96. The average molecular weight is 586 g/mol. The van der Waals surface area contributed by atoms with Gasteiger partial charge in [0.1, 0.15) is 0 Å². The van der Waals surface area contributed by atoms with Crippen molar-refractivity contribution in [2.24, 2.45) is 10.9 Å². The molecule has 0 fully saturated rings. The maximum Gasteiger partial charge on any atom is 0.0852 e. The van der Waals surface area contributed by atoms with Crippen LogP contribution in [0.1, 0.15) is 30.0 Å². The molecule has 0 radical (unpaired) electrons. The summed E-state index contributed by atoms with van der Waals surface area (Å²) >= 11 is 0. The number of aliphatic imine (C=N–C) groups is 1. The van der Waals surface area contributed by atoms with E-state index in [9.17, 15) is 0 Å². The van der Waals surface area contributed by atoms with Crippen molar-refractivity contribution < 1.29 is 0 Å². The fourth-order valence-corrected chi connectivity index (χ4v) is 8.48. The molecule has 4 aliphatic rings. The second-order valence-electron chi connectivity index (χ2n) is 12.9. The number of hydrogen-bond donors (Lipinski definition) is 0. The molecule has 1 unspecified atom stereocenters. The molecule has 1 heteroatoms. The maximum absolute atomic E-state index is 5.07. The Morgan fingerprint density at radius 3 is 2.39 bits per heavy atom. The predicted octanol–water partition coefficient (Wildman–Crippen LogP) is 12.0. The Morgan fingerprint density at radius 1 is 0.609 bits per heavy atom. The lowest BCUT2D eigenvalue weighted by atomic mass is 9.78. The minimum atomic E-state index is 0.0537. The first-order chi connectivity index (χ1) is 22.8. The largest absolute Gasteiger partial charge is 0.284 e. The van der Waals surface area contributed by atoms with Crippen LogP contribution < -0.4 is 0 Å². The molecule has 0 amide bonds. The Bertz CT molecular complexity index is 2460. The van der Waals surface area contributed by atoms with Gasteiger partial charge >= 0.3 is 0 Å². The molecule has 2 atom stereocenters. The number of benzene rings is 6. The molecule has 10 rings (SSSR count). The van der Waals surface area contributed by atoms with Crippen LogP contribution >= 0.6 is 0 Å². The van der Waals surface area contributed by atoms with E-state index in [0.717, 1.165) is 12.8 Å². The van der Waals surface area contributed by atoms with Crippen LogP contribution in [0.2, 0.25) is 0 Å². The summed E-state index contributed by atoms with van der Waals surface area (Å²) in [6, 6.07) is 36.6. The number of fused-ring (bicyclic) bond motifs is 7. The van der Waals surface area contributed by atoms with Crippen molar-refractivity contribution in [2.45, 2.75) is 18.9 Å². The number of hydrogen-bond acceptors (Lipinski definition) is 1. The third-order valence-electron chi connectivity index (χ3n) is 10.5. The van der Waals surface area contributed by atoms with E-state index < -0.39 is 0 Å². The summed E-state index contributed by atoms with van der Waals surface area (Å²) in [5.41, 5.74) is 13.4. The van der Waals surface area contributed by atoms with Crippen molar-refractivity contribution in [1.82, 2.24) is 0 Å². The minimum absolute atomic E-state index is 0.0537. The molecule has 1 heterocycles. The zero-order valence-electron chi connectivity index (χ0n) is 25.4. The fourth-order valence-electron chi connectivity index (χ4n) is 8.48. The van der Waals surface area contributed by atoms with E-state index in [4.69, 9.17) is 4.99 Å². The van der Waals surface area contributed by atoms with Crippen LogP contribution in [0.3, 0.4) is 0 Å².